The number of hydrogen-bond acceptors (Lipinski definition) is 3. The Morgan fingerprint density at radius 3 is 1.88 bits per heavy atom. The van der Waals surface area contributed by atoms with Crippen molar-refractivity contribution in [1.82, 2.24) is 19.3 Å². The van der Waals surface area contributed by atoms with Crippen molar-refractivity contribution in [2.45, 2.75) is 99.3 Å². The van der Waals surface area contributed by atoms with Crippen LogP contribution in [0.1, 0.15) is 96.0 Å². The van der Waals surface area contributed by atoms with Gasteiger partial charge in [-0.15, -0.1) is 0 Å². The lowest BCUT2D eigenvalue weighted by Crippen LogP contribution is -2.23. The minimum atomic E-state index is -0.0620. The predicted molar refractivity (Wildman–Crippen MR) is 218 cm³/mol. The number of fused-ring (bicyclic) bond motifs is 3. The van der Waals surface area contributed by atoms with E-state index >= 15 is 0 Å². The summed E-state index contributed by atoms with van der Waals surface area (Å²) in [7, 11) is 0. The van der Waals surface area contributed by atoms with E-state index in [1.807, 2.05) is 24.4 Å². The summed E-state index contributed by atoms with van der Waals surface area (Å²) in [5.41, 5.74) is 13.0. The lowest BCUT2D eigenvalue weighted by molar-refractivity contribution is 0.482. The molecule has 0 saturated carbocycles. The van der Waals surface area contributed by atoms with Gasteiger partial charge < -0.3 is 4.74 Å². The van der Waals surface area contributed by atoms with Crippen LogP contribution >= 0.6 is 0 Å². The van der Waals surface area contributed by atoms with Crippen molar-refractivity contribution in [3.8, 4) is 34.1 Å². The number of benzene rings is 4. The zero-order valence-electron chi connectivity index (χ0n) is 32.9. The molecule has 0 fully saturated rings. The standard InChI is InChI=1S/C47H52N4O/c1-29-22-23-48-42(24-29)50-40-19-14-13-18-36(40)37-21-20-35(28-41(37)50)52-34-17-15-16-33(27-34)51-31(3)43(30(2)49-51)44-38(46(7,8)9)25-32(45(4,5)6)26-39(44)47(10,11)12/h13-28H,1-12H3. The average molecular weight is 689 g/mol. The van der Waals surface area contributed by atoms with Crippen LogP contribution in [0.5, 0.6) is 11.5 Å². The fraction of sp³-hybridized carbons (Fsp3) is 0.319. The molecule has 266 valence electrons. The number of rotatable bonds is 5. The van der Waals surface area contributed by atoms with E-state index in [1.165, 1.54) is 38.8 Å². The minimum Gasteiger partial charge on any atom is -0.457 e. The van der Waals surface area contributed by atoms with E-state index in [0.717, 1.165) is 50.8 Å². The molecule has 3 aromatic heterocycles. The van der Waals surface area contributed by atoms with Gasteiger partial charge in [-0.05, 0) is 107 Å². The van der Waals surface area contributed by atoms with Crippen LogP contribution in [-0.4, -0.2) is 19.3 Å². The fourth-order valence-electron chi connectivity index (χ4n) is 7.50. The summed E-state index contributed by atoms with van der Waals surface area (Å²) < 4.78 is 10.9. The van der Waals surface area contributed by atoms with Gasteiger partial charge >= 0.3 is 0 Å². The van der Waals surface area contributed by atoms with Crippen molar-refractivity contribution in [2.75, 3.05) is 0 Å². The third-order valence-electron chi connectivity index (χ3n) is 10.2. The van der Waals surface area contributed by atoms with Crippen molar-refractivity contribution in [1.29, 1.82) is 0 Å². The van der Waals surface area contributed by atoms with Crippen LogP contribution in [0.3, 0.4) is 0 Å². The van der Waals surface area contributed by atoms with Gasteiger partial charge in [0.2, 0.25) is 0 Å². The Labute approximate surface area is 309 Å². The predicted octanol–water partition coefficient (Wildman–Crippen LogP) is 12.6. The molecule has 0 aliphatic carbocycles. The van der Waals surface area contributed by atoms with E-state index in [9.17, 15) is 0 Å². The van der Waals surface area contributed by atoms with Crippen LogP contribution in [0.15, 0.2) is 97.2 Å². The van der Waals surface area contributed by atoms with E-state index < -0.39 is 0 Å². The van der Waals surface area contributed by atoms with Gasteiger partial charge in [0.25, 0.3) is 0 Å². The van der Waals surface area contributed by atoms with E-state index in [1.54, 1.807) is 0 Å². The van der Waals surface area contributed by atoms with Gasteiger partial charge in [-0.1, -0.05) is 98.7 Å². The molecule has 0 aliphatic heterocycles. The molecule has 4 aromatic carbocycles. The van der Waals surface area contributed by atoms with Gasteiger partial charge in [-0.2, -0.15) is 5.10 Å². The second-order valence-electron chi connectivity index (χ2n) is 17.5. The van der Waals surface area contributed by atoms with Crippen molar-refractivity contribution in [3.05, 3.63) is 131 Å². The second-order valence-corrected chi connectivity index (χ2v) is 17.5. The highest BCUT2D eigenvalue weighted by Crippen LogP contribution is 2.46. The maximum absolute atomic E-state index is 6.62. The van der Waals surface area contributed by atoms with Gasteiger partial charge in [0.15, 0.2) is 0 Å². The Morgan fingerprint density at radius 2 is 1.23 bits per heavy atom. The maximum Gasteiger partial charge on any atom is 0.137 e. The lowest BCUT2D eigenvalue weighted by atomic mass is 9.70. The van der Waals surface area contributed by atoms with Crippen LogP contribution < -0.4 is 4.74 Å². The highest BCUT2D eigenvalue weighted by Gasteiger charge is 2.32. The molecule has 0 saturated heterocycles. The number of aromatic nitrogens is 4. The number of nitrogens with zero attached hydrogens (tertiary/aromatic N) is 4. The lowest BCUT2D eigenvalue weighted by Gasteiger charge is -2.34. The first-order valence-corrected chi connectivity index (χ1v) is 18.4. The second kappa shape index (κ2) is 12.5. The summed E-state index contributed by atoms with van der Waals surface area (Å²) in [4.78, 5) is 4.74. The molecule has 0 unspecified atom stereocenters. The Kier molecular flexibility index (Phi) is 8.48. The van der Waals surface area contributed by atoms with Gasteiger partial charge in [0.05, 0.1) is 22.4 Å². The quantitative estimate of drug-likeness (QED) is 0.181. The first kappa shape index (κ1) is 35.3. The maximum atomic E-state index is 6.62. The van der Waals surface area contributed by atoms with Crippen LogP contribution in [0.4, 0.5) is 0 Å². The molecule has 0 amide bonds. The van der Waals surface area contributed by atoms with Crippen molar-refractivity contribution in [2.24, 2.45) is 0 Å². The van der Waals surface area contributed by atoms with Crippen molar-refractivity contribution in [3.63, 3.8) is 0 Å². The molecule has 3 heterocycles. The molecule has 0 bridgehead atoms. The molecule has 7 rings (SSSR count). The summed E-state index contributed by atoms with van der Waals surface area (Å²) in [6.45, 7) is 27.3. The summed E-state index contributed by atoms with van der Waals surface area (Å²) in [6, 6.07) is 32.1. The third-order valence-corrected chi connectivity index (χ3v) is 10.2. The molecule has 0 N–H and O–H groups in total. The normalized spacial score (nSPS) is 12.6. The fourth-order valence-corrected chi connectivity index (χ4v) is 7.50. The zero-order chi connectivity index (χ0) is 37.3. The van der Waals surface area contributed by atoms with E-state index in [-0.39, 0.29) is 16.2 Å². The third kappa shape index (κ3) is 6.31. The molecule has 52 heavy (non-hydrogen) atoms. The van der Waals surface area contributed by atoms with Crippen LogP contribution in [0.25, 0.3) is 44.4 Å². The first-order valence-electron chi connectivity index (χ1n) is 18.4. The largest absolute Gasteiger partial charge is 0.457 e. The first-order chi connectivity index (χ1) is 24.4. The van der Waals surface area contributed by atoms with Gasteiger partial charge in [0.1, 0.15) is 17.3 Å². The SMILES string of the molecule is Cc1ccnc(-n2c3ccccc3c3ccc(Oc4cccc(-n5nc(C)c(-c6c(C(C)(C)C)cc(C(C)(C)C)cc6C(C)(C)C)c5C)c4)cc32)c1. The van der Waals surface area contributed by atoms with Gasteiger partial charge in [0, 0.05) is 40.4 Å². The number of ether oxygens (including phenoxy) is 1. The monoisotopic (exact) mass is 688 g/mol. The van der Waals surface area contributed by atoms with E-state index in [4.69, 9.17) is 14.8 Å². The summed E-state index contributed by atoms with van der Waals surface area (Å²) >= 11 is 0. The summed E-state index contributed by atoms with van der Waals surface area (Å²) in [5.74, 6) is 2.41. The Hall–Kier alpha value is -5.16. The average Bonchev–Trinajstić information content (AvgIpc) is 3.55. The summed E-state index contributed by atoms with van der Waals surface area (Å²) in [5, 5.41) is 7.54. The number of hydrogen-bond donors (Lipinski definition) is 0. The van der Waals surface area contributed by atoms with Crippen LogP contribution in [0.2, 0.25) is 0 Å². The Morgan fingerprint density at radius 1 is 0.577 bits per heavy atom. The van der Waals surface area contributed by atoms with Crippen molar-refractivity contribution >= 4 is 21.8 Å². The van der Waals surface area contributed by atoms with E-state index in [2.05, 4.69) is 165 Å². The molecule has 0 aliphatic rings. The van der Waals surface area contributed by atoms with E-state index in [0.29, 0.717) is 0 Å². The molecule has 5 heteroatoms. The minimum absolute atomic E-state index is 0.0335. The molecular weight excluding hydrogens is 637 g/mol. The van der Waals surface area contributed by atoms with Gasteiger partial charge in [-0.3, -0.25) is 4.57 Å². The number of aryl methyl sites for hydroxylation is 2. The highest BCUT2D eigenvalue weighted by molar-refractivity contribution is 6.09. The van der Waals surface area contributed by atoms with Gasteiger partial charge in [-0.25, -0.2) is 9.67 Å². The summed E-state index contributed by atoms with van der Waals surface area (Å²) in [6.07, 6.45) is 1.87. The Bertz CT molecular complexity index is 2440. The molecular formula is C47H52N4O. The number of para-hydroxylation sites is 1. The molecule has 5 nitrogen and oxygen atoms in total. The van der Waals surface area contributed by atoms with Crippen molar-refractivity contribution < 1.29 is 4.74 Å². The molecule has 0 atom stereocenters. The molecule has 0 radical (unpaired) electrons. The molecule has 0 spiro atoms. The van der Waals surface area contributed by atoms with Crippen LogP contribution in [0, 0.1) is 20.8 Å². The topological polar surface area (TPSA) is 44.9 Å². The number of pyridine rings is 1. The molecule has 7 aromatic rings. The Balaban J connectivity index is 1.32. The zero-order valence-corrected chi connectivity index (χ0v) is 32.9. The highest BCUT2D eigenvalue weighted by atomic mass is 16.5. The van der Waals surface area contributed by atoms with Crippen LogP contribution in [-0.2, 0) is 16.2 Å². The smallest absolute Gasteiger partial charge is 0.137 e.